The zero-order chi connectivity index (χ0) is 25.7. The van der Waals surface area contributed by atoms with Crippen molar-refractivity contribution in [2.45, 2.75) is 46.6 Å². The van der Waals surface area contributed by atoms with Crippen molar-refractivity contribution in [1.29, 1.82) is 5.26 Å². The number of anilines is 1. The first-order valence-electron chi connectivity index (χ1n) is 11.7. The van der Waals surface area contributed by atoms with Crippen LogP contribution in [0.25, 0.3) is 6.08 Å². The number of hydrogen-bond acceptors (Lipinski definition) is 8. The first kappa shape index (κ1) is 26.7. The Kier molecular flexibility index (Phi) is 8.92. The molecule has 186 valence electrons. The lowest BCUT2D eigenvalue weighted by Gasteiger charge is -2.36. The monoisotopic (exact) mass is 514 g/mol. The SMILES string of the molecule is C=CCN1C(=O)/C(=C/c2c(C)c(C#N)c(=O)n(CCC)c2N2CCCC(C(=O)OCC)C2)SC1=S. The van der Waals surface area contributed by atoms with Crippen LogP contribution in [0.5, 0.6) is 0 Å². The summed E-state index contributed by atoms with van der Waals surface area (Å²) in [5, 5.41) is 9.79. The van der Waals surface area contributed by atoms with E-state index < -0.39 is 0 Å². The Bertz CT molecular complexity index is 1180. The molecule has 0 aromatic carbocycles. The number of esters is 1. The highest BCUT2D eigenvalue weighted by molar-refractivity contribution is 8.26. The topological polar surface area (TPSA) is 95.6 Å². The Morgan fingerprint density at radius 3 is 2.74 bits per heavy atom. The van der Waals surface area contributed by atoms with Crippen molar-refractivity contribution in [3.63, 3.8) is 0 Å². The van der Waals surface area contributed by atoms with Gasteiger partial charge in [0.2, 0.25) is 0 Å². The highest BCUT2D eigenvalue weighted by Crippen LogP contribution is 2.37. The molecule has 0 radical (unpaired) electrons. The summed E-state index contributed by atoms with van der Waals surface area (Å²) in [7, 11) is 0. The molecule has 0 spiro atoms. The number of pyridine rings is 1. The van der Waals surface area contributed by atoms with Gasteiger partial charge in [-0.3, -0.25) is 23.9 Å². The first-order valence-corrected chi connectivity index (χ1v) is 13.0. The molecule has 1 amide bonds. The van der Waals surface area contributed by atoms with Gasteiger partial charge in [-0.2, -0.15) is 5.26 Å². The number of piperidine rings is 1. The maximum absolute atomic E-state index is 13.3. The van der Waals surface area contributed by atoms with Crippen LogP contribution in [0.1, 0.15) is 49.8 Å². The van der Waals surface area contributed by atoms with E-state index in [0.717, 1.165) is 6.42 Å². The van der Waals surface area contributed by atoms with Gasteiger partial charge in [0.15, 0.2) is 0 Å². The van der Waals surface area contributed by atoms with E-state index >= 15 is 0 Å². The molecule has 1 unspecified atom stereocenters. The van der Waals surface area contributed by atoms with Crippen molar-refractivity contribution < 1.29 is 14.3 Å². The highest BCUT2D eigenvalue weighted by atomic mass is 32.2. The number of amides is 1. The number of carbonyl (C=O) groups excluding carboxylic acids is 2. The van der Waals surface area contributed by atoms with E-state index in [2.05, 4.69) is 12.6 Å². The van der Waals surface area contributed by atoms with E-state index in [0.29, 0.717) is 71.8 Å². The second-order valence-electron chi connectivity index (χ2n) is 8.42. The molecule has 3 heterocycles. The minimum atomic E-state index is -0.364. The molecule has 0 N–H and O–H groups in total. The molecule has 2 saturated heterocycles. The molecule has 1 atom stereocenters. The average molecular weight is 515 g/mol. The second kappa shape index (κ2) is 11.7. The molecular formula is C25H30N4O4S2. The first-order chi connectivity index (χ1) is 16.8. The molecule has 10 heteroatoms. The normalized spacial score (nSPS) is 19.3. The van der Waals surface area contributed by atoms with E-state index in [1.54, 1.807) is 30.6 Å². The Labute approximate surface area is 215 Å². The Morgan fingerprint density at radius 2 is 2.11 bits per heavy atom. The molecule has 0 bridgehead atoms. The lowest BCUT2D eigenvalue weighted by Crippen LogP contribution is -2.43. The van der Waals surface area contributed by atoms with Gasteiger partial charge in [-0.15, -0.1) is 6.58 Å². The second-order valence-corrected chi connectivity index (χ2v) is 10.1. The minimum Gasteiger partial charge on any atom is -0.466 e. The zero-order valence-electron chi connectivity index (χ0n) is 20.3. The molecule has 1 aromatic heterocycles. The number of thioether (sulfide) groups is 1. The fraction of sp³-hybridized carbons (Fsp3) is 0.480. The summed E-state index contributed by atoms with van der Waals surface area (Å²) in [4.78, 5) is 42.8. The molecule has 0 aliphatic carbocycles. The van der Waals surface area contributed by atoms with Gasteiger partial charge in [0.25, 0.3) is 11.5 Å². The van der Waals surface area contributed by atoms with Gasteiger partial charge in [-0.25, -0.2) is 0 Å². The number of nitrogens with zero attached hydrogens (tertiary/aromatic N) is 4. The van der Waals surface area contributed by atoms with Gasteiger partial charge >= 0.3 is 5.97 Å². The summed E-state index contributed by atoms with van der Waals surface area (Å²) < 4.78 is 7.30. The summed E-state index contributed by atoms with van der Waals surface area (Å²) in [6.07, 6.45) is 5.48. The average Bonchev–Trinajstić information content (AvgIpc) is 3.10. The number of carbonyl (C=O) groups is 2. The van der Waals surface area contributed by atoms with Gasteiger partial charge in [0.05, 0.1) is 17.4 Å². The van der Waals surface area contributed by atoms with Gasteiger partial charge in [-0.05, 0) is 44.7 Å². The number of aromatic nitrogens is 1. The molecule has 3 rings (SSSR count). The fourth-order valence-corrected chi connectivity index (χ4v) is 5.71. The Balaban J connectivity index is 2.21. The smallest absolute Gasteiger partial charge is 0.310 e. The van der Waals surface area contributed by atoms with Crippen LogP contribution >= 0.6 is 24.0 Å². The van der Waals surface area contributed by atoms with Crippen LogP contribution in [0.3, 0.4) is 0 Å². The lowest BCUT2D eigenvalue weighted by molar-refractivity contribution is -0.148. The molecule has 0 saturated carbocycles. The third-order valence-corrected chi connectivity index (χ3v) is 7.47. The van der Waals surface area contributed by atoms with Crippen molar-refractivity contribution >= 4 is 52.1 Å². The Hall–Kier alpha value is -2.90. The van der Waals surface area contributed by atoms with Crippen LogP contribution in [0.15, 0.2) is 22.4 Å². The summed E-state index contributed by atoms with van der Waals surface area (Å²) in [6.45, 7) is 11.2. The van der Waals surface area contributed by atoms with Crippen molar-refractivity contribution in [3.05, 3.63) is 44.6 Å². The minimum absolute atomic E-state index is 0.0500. The zero-order valence-corrected chi connectivity index (χ0v) is 22.0. The number of nitriles is 1. The van der Waals surface area contributed by atoms with Gasteiger partial charge < -0.3 is 9.64 Å². The molecular weight excluding hydrogens is 484 g/mol. The third kappa shape index (κ3) is 5.36. The van der Waals surface area contributed by atoms with E-state index in [1.165, 1.54) is 16.7 Å². The lowest BCUT2D eigenvalue weighted by atomic mass is 9.96. The number of ether oxygens (including phenoxy) is 1. The molecule has 8 nitrogen and oxygen atoms in total. The fourth-order valence-electron chi connectivity index (χ4n) is 4.46. The molecule has 2 aliphatic rings. The Morgan fingerprint density at radius 1 is 1.37 bits per heavy atom. The van der Waals surface area contributed by atoms with Crippen LogP contribution in [-0.2, 0) is 20.9 Å². The van der Waals surface area contributed by atoms with Crippen LogP contribution in [0.2, 0.25) is 0 Å². The van der Waals surface area contributed by atoms with Gasteiger partial charge in [-0.1, -0.05) is 37.0 Å². The molecule has 1 aromatic rings. The quantitative estimate of drug-likeness (QED) is 0.225. The molecule has 2 aliphatic heterocycles. The number of hydrogen-bond donors (Lipinski definition) is 0. The van der Waals surface area contributed by atoms with Crippen LogP contribution in [0.4, 0.5) is 5.82 Å². The van der Waals surface area contributed by atoms with Crippen LogP contribution in [0, 0.1) is 24.2 Å². The third-order valence-electron chi connectivity index (χ3n) is 6.10. The summed E-state index contributed by atoms with van der Waals surface area (Å²) in [5.74, 6) is -0.182. The van der Waals surface area contributed by atoms with E-state index in [4.69, 9.17) is 17.0 Å². The number of rotatable bonds is 8. The summed E-state index contributed by atoms with van der Waals surface area (Å²) in [6, 6.07) is 2.05. The van der Waals surface area contributed by atoms with Crippen molar-refractivity contribution in [1.82, 2.24) is 9.47 Å². The largest absolute Gasteiger partial charge is 0.466 e. The van der Waals surface area contributed by atoms with Gasteiger partial charge in [0, 0.05) is 31.7 Å². The van der Waals surface area contributed by atoms with Crippen LogP contribution in [-0.4, -0.2) is 51.9 Å². The van der Waals surface area contributed by atoms with E-state index in [-0.39, 0.29) is 28.9 Å². The number of thiocarbonyl (C=S) groups is 1. The van der Waals surface area contributed by atoms with Gasteiger partial charge in [0.1, 0.15) is 21.8 Å². The van der Waals surface area contributed by atoms with Crippen molar-refractivity contribution in [2.24, 2.45) is 5.92 Å². The van der Waals surface area contributed by atoms with Crippen LogP contribution < -0.4 is 10.5 Å². The maximum Gasteiger partial charge on any atom is 0.310 e. The predicted molar refractivity (Wildman–Crippen MR) is 142 cm³/mol. The standard InChI is InChI=1S/C25H30N4O4S2/c1-5-10-28-21(27-12-8-9-17(15-27)24(32)33-7-3)18(16(4)19(14-26)22(28)30)13-20-23(31)29(11-6-2)25(34)35-20/h6,13,17H,2,5,7-12,15H2,1,3-4H3/b20-13-. The summed E-state index contributed by atoms with van der Waals surface area (Å²) >= 11 is 6.57. The van der Waals surface area contributed by atoms with Crippen molar-refractivity contribution in [3.8, 4) is 6.07 Å². The highest BCUT2D eigenvalue weighted by Gasteiger charge is 2.34. The van der Waals surface area contributed by atoms with Crippen molar-refractivity contribution in [2.75, 3.05) is 31.1 Å². The molecule has 35 heavy (non-hydrogen) atoms. The molecule has 2 fully saturated rings. The maximum atomic E-state index is 13.3. The van der Waals surface area contributed by atoms with E-state index in [1.807, 2.05) is 11.8 Å². The summed E-state index contributed by atoms with van der Waals surface area (Å²) in [5.41, 5.74) is 0.816. The van der Waals surface area contributed by atoms with E-state index in [9.17, 15) is 19.6 Å². The predicted octanol–water partition coefficient (Wildman–Crippen LogP) is 3.61.